The zero-order valence-corrected chi connectivity index (χ0v) is 8.80. The lowest BCUT2D eigenvalue weighted by Gasteiger charge is -2.20. The number of nitrogens with zero attached hydrogens (tertiary/aromatic N) is 1. The predicted octanol–water partition coefficient (Wildman–Crippen LogP) is 0.718. The van der Waals surface area contributed by atoms with Gasteiger partial charge >= 0.3 is 12.1 Å². The van der Waals surface area contributed by atoms with E-state index in [9.17, 15) is 9.59 Å². The molecule has 14 heavy (non-hydrogen) atoms. The largest absolute Gasteiger partial charge is 0.467 e. The van der Waals surface area contributed by atoms with E-state index in [-0.39, 0.29) is 0 Å². The van der Waals surface area contributed by atoms with E-state index in [1.54, 1.807) is 0 Å². The molecule has 0 spiro atoms. The topological polar surface area (TPSA) is 55.8 Å². The molecule has 0 unspecified atom stereocenters. The number of hydrogen-bond acceptors (Lipinski definition) is 5. The molecule has 1 rings (SSSR count). The summed E-state index contributed by atoms with van der Waals surface area (Å²) in [4.78, 5) is 24.1. The summed E-state index contributed by atoms with van der Waals surface area (Å²) >= 11 is 4.94. The number of thiocarbonyl (C=S) groups is 1. The van der Waals surface area contributed by atoms with Gasteiger partial charge in [0.25, 0.3) is 0 Å². The maximum Gasteiger partial charge on any atom is 0.415 e. The van der Waals surface area contributed by atoms with Crippen LogP contribution in [0.15, 0.2) is 0 Å². The lowest BCUT2D eigenvalue weighted by molar-refractivity contribution is -0.144. The first kappa shape index (κ1) is 10.9. The van der Waals surface area contributed by atoms with Gasteiger partial charge in [0.2, 0.25) is 0 Å². The summed E-state index contributed by atoms with van der Waals surface area (Å²) in [5, 5.41) is 0. The minimum Gasteiger partial charge on any atom is -0.467 e. The van der Waals surface area contributed by atoms with Crippen molar-refractivity contribution in [2.75, 3.05) is 14.2 Å². The molecule has 5 nitrogen and oxygen atoms in total. The summed E-state index contributed by atoms with van der Waals surface area (Å²) in [6.45, 7) is 0. The van der Waals surface area contributed by atoms with E-state index < -0.39 is 18.1 Å². The summed E-state index contributed by atoms with van der Waals surface area (Å²) in [5.41, 5.74) is 0. The molecule has 1 fully saturated rings. The van der Waals surface area contributed by atoms with Gasteiger partial charge in [0.1, 0.15) is 6.04 Å². The Labute approximate surface area is 87.0 Å². The standard InChI is InChI=1S/C8H11NO4S/c1-12-7(10)5-3-4-6(14)9(5)8(11)13-2/h5H,3-4H2,1-2H3/t5-/m1/s1. The fourth-order valence-electron chi connectivity index (χ4n) is 1.37. The van der Waals surface area contributed by atoms with Gasteiger partial charge in [0.15, 0.2) is 0 Å². The monoisotopic (exact) mass is 217 g/mol. The van der Waals surface area contributed by atoms with Crippen LogP contribution >= 0.6 is 12.2 Å². The molecule has 0 radical (unpaired) electrons. The molecule has 0 aromatic carbocycles. The molecule has 0 aromatic heterocycles. The molecule has 0 N–H and O–H groups in total. The molecule has 0 bridgehead atoms. The summed E-state index contributed by atoms with van der Waals surface area (Å²) in [6.07, 6.45) is 0.424. The van der Waals surface area contributed by atoms with Crippen molar-refractivity contribution in [1.82, 2.24) is 4.90 Å². The molecule has 1 saturated heterocycles. The van der Waals surface area contributed by atoms with Crippen molar-refractivity contribution in [1.29, 1.82) is 0 Å². The van der Waals surface area contributed by atoms with E-state index in [1.807, 2.05) is 0 Å². The Morgan fingerprint density at radius 3 is 2.57 bits per heavy atom. The average Bonchev–Trinajstić information content (AvgIpc) is 2.58. The van der Waals surface area contributed by atoms with Crippen molar-refractivity contribution in [3.05, 3.63) is 0 Å². The number of methoxy groups -OCH3 is 2. The van der Waals surface area contributed by atoms with Gasteiger partial charge < -0.3 is 9.47 Å². The highest BCUT2D eigenvalue weighted by Crippen LogP contribution is 2.21. The predicted molar refractivity (Wildman–Crippen MR) is 51.9 cm³/mol. The second kappa shape index (κ2) is 4.36. The smallest absolute Gasteiger partial charge is 0.415 e. The van der Waals surface area contributed by atoms with E-state index in [4.69, 9.17) is 12.2 Å². The number of likely N-dealkylation sites (tertiary alicyclic amines) is 1. The van der Waals surface area contributed by atoms with E-state index in [2.05, 4.69) is 9.47 Å². The fraction of sp³-hybridized carbons (Fsp3) is 0.625. The van der Waals surface area contributed by atoms with E-state index in [0.29, 0.717) is 17.8 Å². The van der Waals surface area contributed by atoms with Crippen LogP contribution in [0.25, 0.3) is 0 Å². The maximum atomic E-state index is 11.3. The molecule has 1 heterocycles. The molecule has 0 aliphatic carbocycles. The van der Waals surface area contributed by atoms with Gasteiger partial charge in [-0.05, 0) is 6.42 Å². The van der Waals surface area contributed by atoms with Crippen LogP contribution in [0, 0.1) is 0 Å². The van der Waals surface area contributed by atoms with E-state index >= 15 is 0 Å². The highest BCUT2D eigenvalue weighted by Gasteiger charge is 2.39. The van der Waals surface area contributed by atoms with Crippen molar-refractivity contribution in [2.45, 2.75) is 18.9 Å². The van der Waals surface area contributed by atoms with Gasteiger partial charge in [0, 0.05) is 6.42 Å². The van der Waals surface area contributed by atoms with Crippen molar-refractivity contribution in [2.24, 2.45) is 0 Å². The van der Waals surface area contributed by atoms with Gasteiger partial charge in [0.05, 0.1) is 19.2 Å². The number of amides is 1. The normalized spacial score (nSPS) is 20.9. The third-order valence-corrected chi connectivity index (χ3v) is 2.46. The molecular weight excluding hydrogens is 206 g/mol. The maximum absolute atomic E-state index is 11.3. The highest BCUT2D eigenvalue weighted by molar-refractivity contribution is 7.80. The number of hydrogen-bond donors (Lipinski definition) is 0. The molecule has 0 aromatic rings. The molecular formula is C8H11NO4S. The van der Waals surface area contributed by atoms with Crippen LogP contribution < -0.4 is 0 Å². The first-order valence-corrected chi connectivity index (χ1v) is 4.50. The molecule has 78 valence electrons. The van der Waals surface area contributed by atoms with Crippen molar-refractivity contribution >= 4 is 29.3 Å². The van der Waals surface area contributed by atoms with E-state index in [0.717, 1.165) is 0 Å². The Kier molecular flexibility index (Phi) is 3.40. The van der Waals surface area contributed by atoms with Crippen LogP contribution in [-0.4, -0.2) is 42.2 Å². The first-order chi connectivity index (χ1) is 6.61. The average molecular weight is 217 g/mol. The fourth-order valence-corrected chi connectivity index (χ4v) is 1.69. The summed E-state index contributed by atoms with van der Waals surface area (Å²) in [7, 11) is 2.52. The third-order valence-electron chi connectivity index (χ3n) is 2.06. The lowest BCUT2D eigenvalue weighted by atomic mass is 10.2. The number of carbonyl (C=O) groups is 2. The first-order valence-electron chi connectivity index (χ1n) is 4.09. The minimum atomic E-state index is -0.625. The van der Waals surface area contributed by atoms with Gasteiger partial charge in [-0.2, -0.15) is 0 Å². The molecule has 1 atom stereocenters. The third kappa shape index (κ3) is 1.84. The molecule has 1 amide bonds. The summed E-state index contributed by atoms with van der Waals surface area (Å²) in [5.74, 6) is -0.463. The van der Waals surface area contributed by atoms with Crippen molar-refractivity contribution in [3.8, 4) is 0 Å². The van der Waals surface area contributed by atoms with Crippen LogP contribution in [0.1, 0.15) is 12.8 Å². The highest BCUT2D eigenvalue weighted by atomic mass is 32.1. The van der Waals surface area contributed by atoms with Gasteiger partial charge in [-0.25, -0.2) is 9.59 Å². The molecule has 1 aliphatic heterocycles. The van der Waals surface area contributed by atoms with Crippen LogP contribution in [0.2, 0.25) is 0 Å². The van der Waals surface area contributed by atoms with Crippen molar-refractivity contribution in [3.63, 3.8) is 0 Å². The van der Waals surface area contributed by atoms with Crippen LogP contribution in [0.4, 0.5) is 4.79 Å². The number of esters is 1. The minimum absolute atomic E-state index is 0.423. The van der Waals surface area contributed by atoms with Crippen molar-refractivity contribution < 1.29 is 19.1 Å². The second-order valence-electron chi connectivity index (χ2n) is 2.81. The number of ether oxygens (including phenoxy) is 2. The van der Waals surface area contributed by atoms with Crippen LogP contribution in [0.5, 0.6) is 0 Å². The van der Waals surface area contributed by atoms with Gasteiger partial charge in [-0.3, -0.25) is 4.90 Å². The quantitative estimate of drug-likeness (QED) is 0.478. The molecule has 1 aliphatic rings. The lowest BCUT2D eigenvalue weighted by Crippen LogP contribution is -2.42. The molecule has 6 heteroatoms. The van der Waals surface area contributed by atoms with Crippen LogP contribution in [-0.2, 0) is 14.3 Å². The zero-order valence-electron chi connectivity index (χ0n) is 7.98. The Morgan fingerprint density at radius 1 is 1.43 bits per heavy atom. The number of rotatable bonds is 1. The summed E-state index contributed by atoms with van der Waals surface area (Å²) in [6, 6.07) is -0.625. The van der Waals surface area contributed by atoms with E-state index in [1.165, 1.54) is 19.1 Å². The summed E-state index contributed by atoms with van der Waals surface area (Å²) < 4.78 is 9.08. The SMILES string of the molecule is COC(=O)[C@H]1CCC(=S)N1C(=O)OC. The second-order valence-corrected chi connectivity index (χ2v) is 3.28. The zero-order chi connectivity index (χ0) is 10.7. The Bertz CT molecular complexity index is 279. The Balaban J connectivity index is 2.81. The Morgan fingerprint density at radius 2 is 2.07 bits per heavy atom. The van der Waals surface area contributed by atoms with Crippen LogP contribution in [0.3, 0.4) is 0 Å². The Hall–Kier alpha value is -1.17. The number of carbonyl (C=O) groups excluding carboxylic acids is 2. The van der Waals surface area contributed by atoms with Gasteiger partial charge in [-0.15, -0.1) is 0 Å². The molecule has 0 saturated carbocycles. The van der Waals surface area contributed by atoms with Gasteiger partial charge in [-0.1, -0.05) is 12.2 Å².